The third-order valence-corrected chi connectivity index (χ3v) is 5.85. The van der Waals surface area contributed by atoms with Crippen LogP contribution in [0.1, 0.15) is 70.4 Å². The van der Waals surface area contributed by atoms with Gasteiger partial charge >= 0.3 is 0 Å². The maximum absolute atomic E-state index is 2.53. The minimum absolute atomic E-state index is 0.525. The summed E-state index contributed by atoms with van der Waals surface area (Å²) in [5.74, 6) is 0. The van der Waals surface area contributed by atoms with Crippen LogP contribution >= 0.6 is 0 Å². The van der Waals surface area contributed by atoms with Gasteiger partial charge in [0, 0.05) is 0 Å². The lowest BCUT2D eigenvalue weighted by molar-refractivity contribution is 0.0231. The van der Waals surface area contributed by atoms with Crippen LogP contribution in [0.2, 0.25) is 0 Å². The van der Waals surface area contributed by atoms with E-state index < -0.39 is 0 Å². The van der Waals surface area contributed by atoms with E-state index in [9.17, 15) is 0 Å². The molecule has 0 heterocycles. The van der Waals surface area contributed by atoms with Gasteiger partial charge in [-0.2, -0.15) is 0 Å². The Hall–Kier alpha value is -0.780. The van der Waals surface area contributed by atoms with Crippen LogP contribution in [0.3, 0.4) is 0 Å². The summed E-state index contributed by atoms with van der Waals surface area (Å²) in [6, 6.07) is 8.85. The summed E-state index contributed by atoms with van der Waals surface area (Å²) in [6.45, 7) is 9.74. The molecule has 0 saturated heterocycles. The molecular formula is C19H30. The van der Waals surface area contributed by atoms with Gasteiger partial charge < -0.3 is 0 Å². The highest BCUT2D eigenvalue weighted by Gasteiger charge is 2.41. The van der Waals surface area contributed by atoms with Crippen molar-refractivity contribution in [3.8, 4) is 0 Å². The first kappa shape index (κ1) is 14.6. The zero-order valence-electron chi connectivity index (χ0n) is 13.3. The molecule has 1 aliphatic rings. The summed E-state index contributed by atoms with van der Waals surface area (Å²) in [4.78, 5) is 0. The zero-order valence-corrected chi connectivity index (χ0v) is 13.3. The highest BCUT2D eigenvalue weighted by Crippen LogP contribution is 2.52. The van der Waals surface area contributed by atoms with Crippen LogP contribution in [0.15, 0.2) is 24.3 Å². The molecule has 0 radical (unpaired) electrons. The molecule has 0 nitrogen and oxygen atoms in total. The Balaban J connectivity index is 1.93. The van der Waals surface area contributed by atoms with Gasteiger partial charge in [0.05, 0.1) is 0 Å². The summed E-state index contributed by atoms with van der Waals surface area (Å²) < 4.78 is 0. The minimum Gasteiger partial charge on any atom is -0.0620 e. The standard InChI is InChI=1S/C19H30/c1-16-10-5-6-11-17(16)12-9-15-19(4)14-8-7-13-18(19,2)3/h5-6,10-11H,7-9,12-15H2,1-4H3/t19-/m0/s1. The second kappa shape index (κ2) is 5.69. The topological polar surface area (TPSA) is 0 Å². The van der Waals surface area contributed by atoms with E-state index in [-0.39, 0.29) is 0 Å². The molecule has 1 aliphatic carbocycles. The van der Waals surface area contributed by atoms with E-state index in [2.05, 4.69) is 52.0 Å². The van der Waals surface area contributed by atoms with Crippen molar-refractivity contribution in [2.75, 3.05) is 0 Å². The fourth-order valence-electron chi connectivity index (χ4n) is 3.75. The van der Waals surface area contributed by atoms with Crippen LogP contribution in [0, 0.1) is 17.8 Å². The predicted molar refractivity (Wildman–Crippen MR) is 84.5 cm³/mol. The molecule has 2 rings (SSSR count). The fourth-order valence-corrected chi connectivity index (χ4v) is 3.75. The molecular weight excluding hydrogens is 228 g/mol. The Labute approximate surface area is 119 Å². The van der Waals surface area contributed by atoms with Gasteiger partial charge in [0.1, 0.15) is 0 Å². The molecule has 0 spiro atoms. The van der Waals surface area contributed by atoms with Crippen molar-refractivity contribution in [3.05, 3.63) is 35.4 Å². The van der Waals surface area contributed by atoms with Crippen molar-refractivity contribution in [1.82, 2.24) is 0 Å². The van der Waals surface area contributed by atoms with E-state index in [1.54, 1.807) is 5.56 Å². The van der Waals surface area contributed by atoms with Crippen molar-refractivity contribution in [2.24, 2.45) is 10.8 Å². The smallest absolute Gasteiger partial charge is 0.0274 e. The lowest BCUT2D eigenvalue weighted by atomic mass is 9.57. The lowest BCUT2D eigenvalue weighted by Crippen LogP contribution is -2.38. The number of aryl methyl sites for hydroxylation is 2. The van der Waals surface area contributed by atoms with Crippen LogP contribution < -0.4 is 0 Å². The number of hydrogen-bond acceptors (Lipinski definition) is 0. The van der Waals surface area contributed by atoms with Gasteiger partial charge in [-0.15, -0.1) is 0 Å². The average Bonchev–Trinajstić information content (AvgIpc) is 2.36. The van der Waals surface area contributed by atoms with Crippen molar-refractivity contribution in [2.45, 2.75) is 72.6 Å². The number of hydrogen-bond donors (Lipinski definition) is 0. The van der Waals surface area contributed by atoms with Gasteiger partial charge in [-0.25, -0.2) is 0 Å². The molecule has 19 heavy (non-hydrogen) atoms. The largest absolute Gasteiger partial charge is 0.0620 e. The molecule has 0 aliphatic heterocycles. The second-order valence-electron chi connectivity index (χ2n) is 7.43. The van der Waals surface area contributed by atoms with Crippen molar-refractivity contribution in [1.29, 1.82) is 0 Å². The number of benzene rings is 1. The normalized spacial score (nSPS) is 26.3. The van der Waals surface area contributed by atoms with Gasteiger partial charge in [0.2, 0.25) is 0 Å². The number of rotatable bonds is 4. The minimum atomic E-state index is 0.525. The fraction of sp³-hybridized carbons (Fsp3) is 0.684. The van der Waals surface area contributed by atoms with Crippen LogP contribution in [0.25, 0.3) is 0 Å². The summed E-state index contributed by atoms with van der Waals surface area (Å²) >= 11 is 0. The van der Waals surface area contributed by atoms with Gasteiger partial charge in [0.25, 0.3) is 0 Å². The molecule has 1 aromatic carbocycles. The molecule has 1 fully saturated rings. The molecule has 0 N–H and O–H groups in total. The molecule has 0 bridgehead atoms. The summed E-state index contributed by atoms with van der Waals surface area (Å²) in [5.41, 5.74) is 4.07. The Kier molecular flexibility index (Phi) is 4.38. The highest BCUT2D eigenvalue weighted by molar-refractivity contribution is 5.25. The Morgan fingerprint density at radius 2 is 1.68 bits per heavy atom. The first-order chi connectivity index (χ1) is 8.95. The average molecular weight is 258 g/mol. The van der Waals surface area contributed by atoms with E-state index in [4.69, 9.17) is 0 Å². The summed E-state index contributed by atoms with van der Waals surface area (Å²) in [6.07, 6.45) is 9.67. The third kappa shape index (κ3) is 3.22. The van der Waals surface area contributed by atoms with Crippen molar-refractivity contribution >= 4 is 0 Å². The maximum Gasteiger partial charge on any atom is -0.0274 e. The monoisotopic (exact) mass is 258 g/mol. The van der Waals surface area contributed by atoms with E-state index in [1.165, 1.54) is 50.5 Å². The van der Waals surface area contributed by atoms with Gasteiger partial charge in [-0.05, 0) is 61.0 Å². The Morgan fingerprint density at radius 3 is 2.37 bits per heavy atom. The first-order valence-electron chi connectivity index (χ1n) is 7.99. The Bertz CT molecular complexity index is 416. The second-order valence-corrected chi connectivity index (χ2v) is 7.43. The molecule has 0 amide bonds. The maximum atomic E-state index is 2.53. The van der Waals surface area contributed by atoms with Gasteiger partial charge in [-0.1, -0.05) is 57.9 Å². The van der Waals surface area contributed by atoms with Gasteiger partial charge in [-0.3, -0.25) is 0 Å². The quantitative estimate of drug-likeness (QED) is 0.628. The SMILES string of the molecule is Cc1ccccc1CCC[C@]1(C)CCCCC1(C)C. The molecule has 1 aromatic rings. The van der Waals surface area contributed by atoms with Crippen LogP contribution in [-0.2, 0) is 6.42 Å². The molecule has 106 valence electrons. The summed E-state index contributed by atoms with van der Waals surface area (Å²) in [5, 5.41) is 0. The molecule has 1 saturated carbocycles. The lowest BCUT2D eigenvalue weighted by Gasteiger charge is -2.48. The first-order valence-corrected chi connectivity index (χ1v) is 7.99. The van der Waals surface area contributed by atoms with Crippen LogP contribution in [0.5, 0.6) is 0 Å². The molecule has 0 unspecified atom stereocenters. The van der Waals surface area contributed by atoms with E-state index in [0.29, 0.717) is 10.8 Å². The third-order valence-electron chi connectivity index (χ3n) is 5.85. The van der Waals surface area contributed by atoms with Crippen molar-refractivity contribution in [3.63, 3.8) is 0 Å². The van der Waals surface area contributed by atoms with E-state index in [1.807, 2.05) is 0 Å². The van der Waals surface area contributed by atoms with E-state index >= 15 is 0 Å². The van der Waals surface area contributed by atoms with Crippen molar-refractivity contribution < 1.29 is 0 Å². The van der Waals surface area contributed by atoms with Crippen LogP contribution in [-0.4, -0.2) is 0 Å². The van der Waals surface area contributed by atoms with Crippen LogP contribution in [0.4, 0.5) is 0 Å². The molecule has 1 atom stereocenters. The highest BCUT2D eigenvalue weighted by atomic mass is 14.5. The zero-order chi connectivity index (χ0) is 13.9. The van der Waals surface area contributed by atoms with E-state index in [0.717, 1.165) is 0 Å². The predicted octanol–water partition coefficient (Wildman–Crippen LogP) is 5.92. The van der Waals surface area contributed by atoms with Gasteiger partial charge in [0.15, 0.2) is 0 Å². The molecule has 0 heteroatoms. The Morgan fingerprint density at radius 1 is 1.00 bits per heavy atom. The molecule has 0 aromatic heterocycles. The summed E-state index contributed by atoms with van der Waals surface area (Å²) in [7, 11) is 0.